The number of para-hydroxylation sites is 1. The Bertz CT molecular complexity index is 656. The molecule has 1 aliphatic heterocycles. The van der Waals surface area contributed by atoms with Crippen LogP contribution in [0.1, 0.15) is 37.0 Å². The smallest absolute Gasteiger partial charge is 0.329 e. The molecule has 1 heterocycles. The van der Waals surface area contributed by atoms with Crippen LogP contribution in [0.5, 0.6) is 0 Å². The highest BCUT2D eigenvalue weighted by Gasteiger charge is 2.31. The Morgan fingerprint density at radius 2 is 2.00 bits per heavy atom. The lowest BCUT2D eigenvalue weighted by Crippen LogP contribution is -2.39. The fourth-order valence-corrected chi connectivity index (χ4v) is 2.23. The van der Waals surface area contributed by atoms with E-state index in [0.717, 1.165) is 0 Å². The molecule has 0 aromatic heterocycles. The van der Waals surface area contributed by atoms with Crippen LogP contribution in [0.25, 0.3) is 0 Å². The van der Waals surface area contributed by atoms with Gasteiger partial charge in [0, 0.05) is 12.0 Å². The van der Waals surface area contributed by atoms with Crippen molar-refractivity contribution in [3.05, 3.63) is 29.8 Å². The molecule has 7 nitrogen and oxygen atoms in total. The van der Waals surface area contributed by atoms with Gasteiger partial charge in [0.25, 0.3) is 5.91 Å². The first-order chi connectivity index (χ1) is 10.9. The van der Waals surface area contributed by atoms with E-state index in [2.05, 4.69) is 10.6 Å². The zero-order valence-corrected chi connectivity index (χ0v) is 12.9. The Morgan fingerprint density at radius 3 is 2.61 bits per heavy atom. The molecule has 7 heteroatoms. The number of benzene rings is 1. The average Bonchev–Trinajstić information content (AvgIpc) is 2.94. The number of carbonyl (C=O) groups excluding carboxylic acids is 4. The lowest BCUT2D eigenvalue weighted by molar-refractivity contribution is -0.155. The summed E-state index contributed by atoms with van der Waals surface area (Å²) in [7, 11) is 0. The number of anilines is 1. The molecule has 0 spiro atoms. The molecular weight excluding hydrogens is 300 g/mol. The number of nitrogens with one attached hydrogen (secondary N) is 2. The second-order valence-corrected chi connectivity index (χ2v) is 5.33. The fourth-order valence-electron chi connectivity index (χ4n) is 2.23. The number of Topliss-reactive ketones (excluding diaryl/α,β-unsaturated/α-hetero) is 1. The summed E-state index contributed by atoms with van der Waals surface area (Å²) < 4.78 is 5.07. The number of hydrogen-bond donors (Lipinski definition) is 2. The zero-order chi connectivity index (χ0) is 17.0. The molecule has 2 amide bonds. The third kappa shape index (κ3) is 4.15. The van der Waals surface area contributed by atoms with E-state index >= 15 is 0 Å². The summed E-state index contributed by atoms with van der Waals surface area (Å²) in [6.07, 6.45) is -0.411. The van der Waals surface area contributed by atoms with E-state index in [9.17, 15) is 19.2 Å². The monoisotopic (exact) mass is 318 g/mol. The maximum absolute atomic E-state index is 12.1. The molecule has 0 saturated carbocycles. The summed E-state index contributed by atoms with van der Waals surface area (Å²) in [5.74, 6) is -1.58. The van der Waals surface area contributed by atoms with Gasteiger partial charge in [-0.3, -0.25) is 14.4 Å². The van der Waals surface area contributed by atoms with Crippen molar-refractivity contribution in [2.24, 2.45) is 0 Å². The first-order valence-corrected chi connectivity index (χ1v) is 7.29. The third-order valence-electron chi connectivity index (χ3n) is 3.51. The highest BCUT2D eigenvalue weighted by molar-refractivity contribution is 6.04. The van der Waals surface area contributed by atoms with Crippen molar-refractivity contribution in [2.45, 2.75) is 38.8 Å². The minimum Gasteiger partial charge on any atom is -0.451 e. The van der Waals surface area contributed by atoms with Gasteiger partial charge < -0.3 is 15.4 Å². The summed E-state index contributed by atoms with van der Waals surface area (Å²) in [6.45, 7) is 2.83. The lowest BCUT2D eigenvalue weighted by Gasteiger charge is -2.17. The molecule has 1 aromatic carbocycles. The Morgan fingerprint density at radius 1 is 1.30 bits per heavy atom. The van der Waals surface area contributed by atoms with E-state index in [1.54, 1.807) is 24.3 Å². The first-order valence-electron chi connectivity index (χ1n) is 7.29. The third-order valence-corrected chi connectivity index (χ3v) is 3.51. The van der Waals surface area contributed by atoms with Crippen LogP contribution in [0.15, 0.2) is 24.3 Å². The van der Waals surface area contributed by atoms with Gasteiger partial charge in [0.15, 0.2) is 11.9 Å². The fraction of sp³-hybridized carbons (Fsp3) is 0.375. The summed E-state index contributed by atoms with van der Waals surface area (Å²) in [5.41, 5.74) is 0.740. The molecule has 0 radical (unpaired) electrons. The molecule has 0 aliphatic carbocycles. The number of carbonyl (C=O) groups is 4. The van der Waals surface area contributed by atoms with Crippen LogP contribution in [0.3, 0.4) is 0 Å². The Labute approximate surface area is 133 Å². The minimum atomic E-state index is -1.04. The highest BCUT2D eigenvalue weighted by Crippen LogP contribution is 2.16. The maximum Gasteiger partial charge on any atom is 0.329 e. The van der Waals surface area contributed by atoms with Crippen molar-refractivity contribution >= 4 is 29.3 Å². The Kier molecular flexibility index (Phi) is 5.10. The number of hydrogen-bond acceptors (Lipinski definition) is 5. The van der Waals surface area contributed by atoms with Crippen LogP contribution in [0.2, 0.25) is 0 Å². The molecule has 1 aromatic rings. The van der Waals surface area contributed by atoms with Crippen LogP contribution in [-0.4, -0.2) is 35.7 Å². The molecule has 0 bridgehead atoms. The van der Waals surface area contributed by atoms with Crippen LogP contribution >= 0.6 is 0 Å². The van der Waals surface area contributed by atoms with Crippen molar-refractivity contribution < 1.29 is 23.9 Å². The van der Waals surface area contributed by atoms with E-state index in [0.29, 0.717) is 17.7 Å². The SMILES string of the molecule is CC(=O)c1ccccc1NC(=O)[C@@H](C)OC(=O)[C@@H]1CCC(=O)N1. The predicted octanol–water partition coefficient (Wildman–Crippen LogP) is 1.04. The normalized spacial score (nSPS) is 18.0. The maximum atomic E-state index is 12.1. The zero-order valence-electron chi connectivity index (χ0n) is 12.9. The number of amides is 2. The lowest BCUT2D eigenvalue weighted by atomic mass is 10.1. The van der Waals surface area contributed by atoms with E-state index in [4.69, 9.17) is 4.74 Å². The van der Waals surface area contributed by atoms with E-state index < -0.39 is 24.0 Å². The summed E-state index contributed by atoms with van der Waals surface area (Å²) >= 11 is 0. The van der Waals surface area contributed by atoms with Crippen LogP contribution in [0, 0.1) is 0 Å². The summed E-state index contributed by atoms with van der Waals surface area (Å²) in [6, 6.07) is 5.87. The van der Waals surface area contributed by atoms with Crippen LogP contribution in [0.4, 0.5) is 5.69 Å². The molecule has 1 fully saturated rings. The van der Waals surface area contributed by atoms with E-state index in [1.807, 2.05) is 0 Å². The summed E-state index contributed by atoms with van der Waals surface area (Å²) in [4.78, 5) is 46.6. The molecule has 2 N–H and O–H groups in total. The molecule has 2 rings (SSSR count). The molecule has 2 atom stereocenters. The van der Waals surface area contributed by atoms with Gasteiger partial charge in [-0.1, -0.05) is 12.1 Å². The van der Waals surface area contributed by atoms with Gasteiger partial charge >= 0.3 is 5.97 Å². The molecule has 23 heavy (non-hydrogen) atoms. The first kappa shape index (κ1) is 16.7. The number of rotatable bonds is 5. The van der Waals surface area contributed by atoms with E-state index in [-0.39, 0.29) is 18.1 Å². The average molecular weight is 318 g/mol. The number of esters is 1. The van der Waals surface area contributed by atoms with Gasteiger partial charge in [0.1, 0.15) is 6.04 Å². The minimum absolute atomic E-state index is 0.181. The number of ether oxygens (including phenoxy) is 1. The molecular formula is C16H18N2O5. The van der Waals surface area contributed by atoms with Gasteiger partial charge in [-0.25, -0.2) is 4.79 Å². The molecule has 0 unspecified atom stereocenters. The van der Waals surface area contributed by atoms with Crippen molar-refractivity contribution in [3.63, 3.8) is 0 Å². The van der Waals surface area contributed by atoms with Gasteiger partial charge in [-0.05, 0) is 32.4 Å². The highest BCUT2D eigenvalue weighted by atomic mass is 16.5. The van der Waals surface area contributed by atoms with Gasteiger partial charge in [0.05, 0.1) is 5.69 Å². The molecule has 1 saturated heterocycles. The van der Waals surface area contributed by atoms with Crippen molar-refractivity contribution in [1.82, 2.24) is 5.32 Å². The Balaban J connectivity index is 1.96. The second kappa shape index (κ2) is 7.04. The summed E-state index contributed by atoms with van der Waals surface area (Å²) in [5, 5.41) is 5.05. The largest absolute Gasteiger partial charge is 0.451 e. The standard InChI is InChI=1S/C16H18N2O5/c1-9(19)11-5-3-4-6-12(11)18-15(21)10(2)23-16(22)13-7-8-14(20)17-13/h3-6,10,13H,7-8H2,1-2H3,(H,17,20)(H,18,21)/t10-,13+/m1/s1. The van der Waals surface area contributed by atoms with Gasteiger partial charge in [0.2, 0.25) is 5.91 Å². The van der Waals surface area contributed by atoms with Gasteiger partial charge in [-0.15, -0.1) is 0 Å². The topological polar surface area (TPSA) is 102 Å². The molecule has 122 valence electrons. The van der Waals surface area contributed by atoms with Gasteiger partial charge in [-0.2, -0.15) is 0 Å². The molecule has 1 aliphatic rings. The Hall–Kier alpha value is -2.70. The van der Waals surface area contributed by atoms with Crippen LogP contribution in [-0.2, 0) is 19.1 Å². The van der Waals surface area contributed by atoms with Crippen molar-refractivity contribution in [3.8, 4) is 0 Å². The quantitative estimate of drug-likeness (QED) is 0.624. The van der Waals surface area contributed by atoms with Crippen molar-refractivity contribution in [1.29, 1.82) is 0 Å². The predicted molar refractivity (Wildman–Crippen MR) is 81.8 cm³/mol. The second-order valence-electron chi connectivity index (χ2n) is 5.33. The van der Waals surface area contributed by atoms with Crippen molar-refractivity contribution in [2.75, 3.05) is 5.32 Å². The number of ketones is 1. The van der Waals surface area contributed by atoms with Crippen LogP contribution < -0.4 is 10.6 Å². The van der Waals surface area contributed by atoms with E-state index in [1.165, 1.54) is 13.8 Å².